The maximum absolute atomic E-state index is 13.4. The number of Topliss-reactive ketones (excluding diaryl/α,β-unsaturated/α-hetero) is 1. The van der Waals surface area contributed by atoms with E-state index in [4.69, 9.17) is 11.6 Å². The smallest absolute Gasteiger partial charge is 0.227 e. The molecule has 0 unspecified atom stereocenters. The van der Waals surface area contributed by atoms with Gasteiger partial charge in [-0.2, -0.15) is 0 Å². The average Bonchev–Trinajstić information content (AvgIpc) is 2.87. The van der Waals surface area contributed by atoms with Gasteiger partial charge in [0.1, 0.15) is 0 Å². The number of ketones is 1. The summed E-state index contributed by atoms with van der Waals surface area (Å²) in [5.41, 5.74) is 4.23. The first-order valence-electron chi connectivity index (χ1n) is 10.3. The molecule has 1 amide bonds. The minimum Gasteiger partial charge on any atom is -0.357 e. The molecule has 4 rings (SSSR count). The Morgan fingerprint density at radius 2 is 1.90 bits per heavy atom. The van der Waals surface area contributed by atoms with Gasteiger partial charge in [-0.25, -0.2) is 0 Å². The molecule has 0 fully saturated rings. The number of fused-ring (bicyclic) bond motifs is 1. The topological polar surface area (TPSA) is 49.4 Å². The van der Waals surface area contributed by atoms with E-state index in [0.717, 1.165) is 48.3 Å². The van der Waals surface area contributed by atoms with Crippen LogP contribution in [0.2, 0.25) is 5.02 Å². The summed E-state index contributed by atoms with van der Waals surface area (Å²) in [7, 11) is 0. The van der Waals surface area contributed by atoms with Gasteiger partial charge in [-0.15, -0.1) is 0 Å². The molecule has 2 aromatic rings. The van der Waals surface area contributed by atoms with Gasteiger partial charge in [0.05, 0.1) is 17.4 Å². The molecule has 0 bridgehead atoms. The number of allylic oxidation sites excluding steroid dienone is 1. The standard InChI is InChI=1S/C24H25ClN2O2/c1-2-3-11-22(29)27-20-9-5-4-7-18(20)26-19-8-6-10-21(28)23(19)24(27)16-12-14-17(25)15-13-16/h4-5,7,9,12-15,24,26H,2-3,6,8,10-11H2,1H3/t24-/m0/s1. The van der Waals surface area contributed by atoms with Crippen LogP contribution in [0.4, 0.5) is 11.4 Å². The van der Waals surface area contributed by atoms with E-state index in [9.17, 15) is 9.59 Å². The number of para-hydroxylation sites is 2. The van der Waals surface area contributed by atoms with Crippen molar-refractivity contribution < 1.29 is 9.59 Å². The fourth-order valence-corrected chi connectivity index (χ4v) is 4.34. The van der Waals surface area contributed by atoms with E-state index in [0.29, 0.717) is 23.4 Å². The molecule has 1 aliphatic heterocycles. The third-order valence-corrected chi connectivity index (χ3v) is 5.89. The minimum atomic E-state index is -0.449. The number of rotatable bonds is 4. The highest BCUT2D eigenvalue weighted by Gasteiger charge is 2.39. The van der Waals surface area contributed by atoms with Gasteiger partial charge < -0.3 is 5.32 Å². The van der Waals surface area contributed by atoms with E-state index < -0.39 is 6.04 Å². The van der Waals surface area contributed by atoms with Crippen molar-refractivity contribution in [3.63, 3.8) is 0 Å². The van der Waals surface area contributed by atoms with Gasteiger partial charge in [-0.05, 0) is 49.1 Å². The van der Waals surface area contributed by atoms with Crippen LogP contribution in [0.15, 0.2) is 59.8 Å². The number of halogens is 1. The molecule has 2 aliphatic rings. The van der Waals surface area contributed by atoms with Crippen LogP contribution in [0.25, 0.3) is 0 Å². The number of carbonyl (C=O) groups is 2. The first-order chi connectivity index (χ1) is 14.1. The Morgan fingerprint density at radius 3 is 2.66 bits per heavy atom. The second-order valence-electron chi connectivity index (χ2n) is 7.63. The second-order valence-corrected chi connectivity index (χ2v) is 8.07. The fourth-order valence-electron chi connectivity index (χ4n) is 4.22. The van der Waals surface area contributed by atoms with Crippen LogP contribution in [-0.2, 0) is 9.59 Å². The molecule has 0 saturated carbocycles. The lowest BCUT2D eigenvalue weighted by Crippen LogP contribution is -2.37. The van der Waals surface area contributed by atoms with Crippen LogP contribution in [0.5, 0.6) is 0 Å². The lowest BCUT2D eigenvalue weighted by Gasteiger charge is -2.34. The van der Waals surface area contributed by atoms with Gasteiger partial charge >= 0.3 is 0 Å². The molecule has 29 heavy (non-hydrogen) atoms. The van der Waals surface area contributed by atoms with Crippen molar-refractivity contribution in [3.8, 4) is 0 Å². The summed E-state index contributed by atoms with van der Waals surface area (Å²) in [5.74, 6) is 0.146. The van der Waals surface area contributed by atoms with Crippen LogP contribution < -0.4 is 10.2 Å². The second kappa shape index (κ2) is 8.42. The minimum absolute atomic E-state index is 0.0353. The number of nitrogens with one attached hydrogen (secondary N) is 1. The van der Waals surface area contributed by atoms with Gasteiger partial charge in [-0.3, -0.25) is 14.5 Å². The first-order valence-corrected chi connectivity index (χ1v) is 10.7. The molecule has 150 valence electrons. The van der Waals surface area contributed by atoms with Crippen LogP contribution in [0.1, 0.15) is 57.1 Å². The zero-order valence-electron chi connectivity index (χ0n) is 16.6. The maximum Gasteiger partial charge on any atom is 0.227 e. The zero-order valence-corrected chi connectivity index (χ0v) is 17.3. The summed E-state index contributed by atoms with van der Waals surface area (Å²) in [4.78, 5) is 28.4. The van der Waals surface area contributed by atoms with Crippen molar-refractivity contribution in [2.45, 2.75) is 51.5 Å². The van der Waals surface area contributed by atoms with E-state index in [1.165, 1.54) is 0 Å². The monoisotopic (exact) mass is 408 g/mol. The largest absolute Gasteiger partial charge is 0.357 e. The molecule has 1 aliphatic carbocycles. The molecule has 1 N–H and O–H groups in total. The Kier molecular flexibility index (Phi) is 5.72. The molecule has 1 heterocycles. The van der Waals surface area contributed by atoms with E-state index >= 15 is 0 Å². The highest BCUT2D eigenvalue weighted by molar-refractivity contribution is 6.30. The summed E-state index contributed by atoms with van der Waals surface area (Å²) >= 11 is 6.13. The Hall–Kier alpha value is -2.59. The number of unbranched alkanes of at least 4 members (excludes halogenated alkanes) is 1. The highest BCUT2D eigenvalue weighted by atomic mass is 35.5. The summed E-state index contributed by atoms with van der Waals surface area (Å²) in [6.45, 7) is 2.08. The van der Waals surface area contributed by atoms with E-state index in [-0.39, 0.29) is 11.7 Å². The van der Waals surface area contributed by atoms with E-state index in [1.54, 1.807) is 0 Å². The van der Waals surface area contributed by atoms with E-state index in [2.05, 4.69) is 12.2 Å². The van der Waals surface area contributed by atoms with Crippen molar-refractivity contribution in [1.29, 1.82) is 0 Å². The van der Waals surface area contributed by atoms with Gasteiger partial charge in [0.25, 0.3) is 0 Å². The predicted molar refractivity (Wildman–Crippen MR) is 117 cm³/mol. The van der Waals surface area contributed by atoms with Crippen molar-refractivity contribution in [2.75, 3.05) is 10.2 Å². The summed E-state index contributed by atoms with van der Waals surface area (Å²) in [6, 6.07) is 14.9. The van der Waals surface area contributed by atoms with Gasteiger partial charge in [0.15, 0.2) is 5.78 Å². The van der Waals surface area contributed by atoms with Gasteiger partial charge in [0.2, 0.25) is 5.91 Å². The molecule has 2 aromatic carbocycles. The summed E-state index contributed by atoms with van der Waals surface area (Å²) in [6.07, 6.45) is 4.35. The Morgan fingerprint density at radius 1 is 1.14 bits per heavy atom. The predicted octanol–water partition coefficient (Wildman–Crippen LogP) is 6.04. The van der Waals surface area contributed by atoms with Crippen molar-refractivity contribution in [1.82, 2.24) is 0 Å². The summed E-state index contributed by atoms with van der Waals surface area (Å²) < 4.78 is 0. The molecule has 1 atom stereocenters. The third kappa shape index (κ3) is 3.82. The first kappa shape index (κ1) is 19.7. The number of carbonyl (C=O) groups excluding carboxylic acids is 2. The maximum atomic E-state index is 13.4. The van der Waals surface area contributed by atoms with Crippen LogP contribution in [0.3, 0.4) is 0 Å². The number of amides is 1. The molecular weight excluding hydrogens is 384 g/mol. The molecule has 0 aromatic heterocycles. The SMILES string of the molecule is CCCCC(=O)N1c2ccccc2NC2=C(C(=O)CCC2)[C@@H]1c1ccc(Cl)cc1. The Balaban J connectivity index is 1.94. The van der Waals surface area contributed by atoms with E-state index in [1.807, 2.05) is 53.4 Å². The highest BCUT2D eigenvalue weighted by Crippen LogP contribution is 2.45. The normalized spacial score (nSPS) is 18.6. The number of benzene rings is 2. The average molecular weight is 409 g/mol. The Labute approximate surface area is 176 Å². The number of hydrogen-bond acceptors (Lipinski definition) is 3. The zero-order chi connectivity index (χ0) is 20.4. The molecule has 0 radical (unpaired) electrons. The van der Waals surface area contributed by atoms with Crippen LogP contribution in [0, 0.1) is 0 Å². The quantitative estimate of drug-likeness (QED) is 0.671. The van der Waals surface area contributed by atoms with Crippen LogP contribution >= 0.6 is 11.6 Å². The molecule has 0 saturated heterocycles. The molecule has 4 nitrogen and oxygen atoms in total. The molecule has 0 spiro atoms. The van der Waals surface area contributed by atoms with Crippen molar-refractivity contribution in [2.24, 2.45) is 0 Å². The van der Waals surface area contributed by atoms with Crippen molar-refractivity contribution in [3.05, 3.63) is 70.4 Å². The van der Waals surface area contributed by atoms with Crippen molar-refractivity contribution >= 4 is 34.7 Å². The Bertz CT molecular complexity index is 965. The fraction of sp³-hybridized carbons (Fsp3) is 0.333. The lowest BCUT2D eigenvalue weighted by atomic mass is 9.85. The van der Waals surface area contributed by atoms with Gasteiger partial charge in [-0.1, -0.05) is 49.2 Å². The molecular formula is C24H25ClN2O2. The summed E-state index contributed by atoms with van der Waals surface area (Å²) in [5, 5.41) is 4.12. The number of nitrogens with zero attached hydrogens (tertiary/aromatic N) is 1. The number of anilines is 2. The molecule has 5 heteroatoms. The lowest BCUT2D eigenvalue weighted by molar-refractivity contribution is -0.119. The number of hydrogen-bond donors (Lipinski definition) is 1. The van der Waals surface area contributed by atoms with Crippen LogP contribution in [-0.4, -0.2) is 11.7 Å². The van der Waals surface area contributed by atoms with Gasteiger partial charge in [0, 0.05) is 29.1 Å². The third-order valence-electron chi connectivity index (χ3n) is 5.64.